The molecule has 0 radical (unpaired) electrons. The fourth-order valence-electron chi connectivity index (χ4n) is 0.867. The van der Waals surface area contributed by atoms with Crippen LogP contribution in [0.2, 0.25) is 0 Å². The highest BCUT2D eigenvalue weighted by molar-refractivity contribution is 9.10. The predicted molar refractivity (Wildman–Crippen MR) is 57.1 cm³/mol. The van der Waals surface area contributed by atoms with Crippen molar-refractivity contribution < 1.29 is 10.2 Å². The first-order valence-electron chi connectivity index (χ1n) is 3.51. The van der Waals surface area contributed by atoms with Crippen LogP contribution in [0.5, 0.6) is 5.75 Å². The Morgan fingerprint density at radius 2 is 2.08 bits per heavy atom. The van der Waals surface area contributed by atoms with Crippen LogP contribution < -0.4 is 5.73 Å². The molecule has 0 aliphatic carbocycles. The van der Waals surface area contributed by atoms with Gasteiger partial charge in [-0.15, -0.1) is 12.4 Å². The van der Waals surface area contributed by atoms with Crippen LogP contribution in [0.15, 0.2) is 22.7 Å². The number of aliphatic hydroxyl groups excluding tert-OH is 1. The topological polar surface area (TPSA) is 66.5 Å². The third-order valence-corrected chi connectivity index (χ3v) is 2.21. The molecule has 13 heavy (non-hydrogen) atoms. The Morgan fingerprint density at radius 1 is 1.46 bits per heavy atom. The van der Waals surface area contributed by atoms with Gasteiger partial charge in [0.15, 0.2) is 0 Å². The predicted octanol–water partition coefficient (Wildman–Crippen LogP) is 1.57. The van der Waals surface area contributed by atoms with Crippen LogP contribution >= 0.6 is 28.3 Å². The fourth-order valence-corrected chi connectivity index (χ4v) is 1.26. The number of aromatic hydroxyl groups is 1. The summed E-state index contributed by atoms with van der Waals surface area (Å²) in [5.74, 6) is 0.156. The van der Waals surface area contributed by atoms with Crippen LogP contribution in [-0.2, 0) is 0 Å². The van der Waals surface area contributed by atoms with Gasteiger partial charge in [0.05, 0.1) is 10.6 Å². The first kappa shape index (κ1) is 12.7. The van der Waals surface area contributed by atoms with Gasteiger partial charge in [-0.05, 0) is 33.6 Å². The Hall–Kier alpha value is -0.290. The lowest BCUT2D eigenvalue weighted by molar-refractivity contribution is 0.186. The maximum atomic E-state index is 9.32. The molecule has 0 saturated carbocycles. The Bertz CT molecular complexity index is 283. The van der Waals surface area contributed by atoms with Gasteiger partial charge in [-0.25, -0.2) is 0 Å². The average Bonchev–Trinajstić information content (AvgIpc) is 2.08. The number of nitrogens with two attached hydrogens (primary N) is 1. The number of benzene rings is 1. The van der Waals surface area contributed by atoms with Crippen LogP contribution in [-0.4, -0.2) is 16.8 Å². The van der Waals surface area contributed by atoms with Crippen LogP contribution in [0, 0.1) is 0 Å². The quantitative estimate of drug-likeness (QED) is 0.763. The maximum Gasteiger partial charge on any atom is 0.129 e. The number of hydrogen-bond donors (Lipinski definition) is 3. The van der Waals surface area contributed by atoms with E-state index in [-0.39, 0.29) is 24.7 Å². The van der Waals surface area contributed by atoms with Crippen molar-refractivity contribution >= 4 is 28.3 Å². The lowest BCUT2D eigenvalue weighted by atomic mass is 10.1. The summed E-state index contributed by atoms with van der Waals surface area (Å²) < 4.78 is 0.563. The summed E-state index contributed by atoms with van der Waals surface area (Å²) in [7, 11) is 0. The molecular formula is C8H11BrClNO2. The minimum atomic E-state index is -0.665. The molecule has 0 heterocycles. The molecular weight excluding hydrogens is 257 g/mol. The molecule has 0 amide bonds. The second kappa shape index (κ2) is 5.44. The molecule has 1 atom stereocenters. The normalized spacial score (nSPS) is 11.9. The lowest BCUT2D eigenvalue weighted by Gasteiger charge is -2.08. The zero-order valence-corrected chi connectivity index (χ0v) is 9.18. The van der Waals surface area contributed by atoms with Crippen molar-refractivity contribution in [2.45, 2.75) is 6.10 Å². The first-order chi connectivity index (χ1) is 5.65. The maximum absolute atomic E-state index is 9.32. The van der Waals surface area contributed by atoms with Crippen molar-refractivity contribution in [2.75, 3.05) is 6.54 Å². The number of phenols is 1. The molecule has 0 spiro atoms. The van der Waals surface area contributed by atoms with Gasteiger partial charge in [0.25, 0.3) is 0 Å². The molecule has 0 aliphatic rings. The third-order valence-electron chi connectivity index (χ3n) is 1.58. The van der Waals surface area contributed by atoms with E-state index >= 15 is 0 Å². The van der Waals surface area contributed by atoms with Crippen molar-refractivity contribution in [3.8, 4) is 5.75 Å². The van der Waals surface area contributed by atoms with Gasteiger partial charge in [-0.3, -0.25) is 0 Å². The molecule has 74 valence electrons. The van der Waals surface area contributed by atoms with E-state index in [2.05, 4.69) is 15.9 Å². The van der Waals surface area contributed by atoms with Gasteiger partial charge in [-0.2, -0.15) is 0 Å². The lowest BCUT2D eigenvalue weighted by Crippen LogP contribution is -2.11. The Balaban J connectivity index is 0.00000144. The molecule has 0 aliphatic heterocycles. The summed E-state index contributed by atoms with van der Waals surface area (Å²) in [5, 5.41) is 18.5. The van der Waals surface area contributed by atoms with E-state index < -0.39 is 6.10 Å². The van der Waals surface area contributed by atoms with E-state index in [1.807, 2.05) is 0 Å². The standard InChI is InChI=1S/C8H10BrNO2.ClH/c9-6-3-5(8(12)4-10)1-2-7(6)11;/h1-3,8,11-12H,4,10H2;1H. The molecule has 1 rings (SSSR count). The summed E-state index contributed by atoms with van der Waals surface area (Å²) in [4.78, 5) is 0. The smallest absolute Gasteiger partial charge is 0.129 e. The van der Waals surface area contributed by atoms with Gasteiger partial charge in [0.2, 0.25) is 0 Å². The van der Waals surface area contributed by atoms with Gasteiger partial charge < -0.3 is 15.9 Å². The highest BCUT2D eigenvalue weighted by Gasteiger charge is 2.06. The van der Waals surface area contributed by atoms with Crippen molar-refractivity contribution in [2.24, 2.45) is 5.73 Å². The second-order valence-electron chi connectivity index (χ2n) is 2.46. The van der Waals surface area contributed by atoms with E-state index in [1.54, 1.807) is 12.1 Å². The van der Waals surface area contributed by atoms with Crippen molar-refractivity contribution in [1.82, 2.24) is 0 Å². The summed E-state index contributed by atoms with van der Waals surface area (Å²) in [6.45, 7) is 0.178. The zero-order valence-electron chi connectivity index (χ0n) is 6.77. The van der Waals surface area contributed by atoms with E-state index in [0.717, 1.165) is 0 Å². The minimum Gasteiger partial charge on any atom is -0.507 e. The number of hydrogen-bond acceptors (Lipinski definition) is 3. The van der Waals surface area contributed by atoms with Crippen LogP contribution in [0.1, 0.15) is 11.7 Å². The highest BCUT2D eigenvalue weighted by Crippen LogP contribution is 2.26. The molecule has 1 aromatic rings. The largest absolute Gasteiger partial charge is 0.507 e. The molecule has 0 fully saturated rings. The van der Waals surface area contributed by atoms with Gasteiger partial charge in [0.1, 0.15) is 5.75 Å². The highest BCUT2D eigenvalue weighted by atomic mass is 79.9. The van der Waals surface area contributed by atoms with Crippen molar-refractivity contribution in [1.29, 1.82) is 0 Å². The molecule has 5 heteroatoms. The van der Waals surface area contributed by atoms with Crippen molar-refractivity contribution in [3.05, 3.63) is 28.2 Å². The van der Waals surface area contributed by atoms with Gasteiger partial charge >= 0.3 is 0 Å². The van der Waals surface area contributed by atoms with E-state index in [4.69, 9.17) is 10.8 Å². The van der Waals surface area contributed by atoms with E-state index in [9.17, 15) is 5.11 Å². The molecule has 0 aromatic heterocycles. The van der Waals surface area contributed by atoms with E-state index in [0.29, 0.717) is 10.0 Å². The fraction of sp³-hybridized carbons (Fsp3) is 0.250. The van der Waals surface area contributed by atoms with Crippen molar-refractivity contribution in [3.63, 3.8) is 0 Å². The Morgan fingerprint density at radius 3 is 2.54 bits per heavy atom. The molecule has 1 aromatic carbocycles. The molecule has 0 bridgehead atoms. The number of aliphatic hydroxyl groups is 1. The van der Waals surface area contributed by atoms with Crippen LogP contribution in [0.3, 0.4) is 0 Å². The number of rotatable bonds is 2. The van der Waals surface area contributed by atoms with Gasteiger partial charge in [-0.1, -0.05) is 6.07 Å². The molecule has 3 nitrogen and oxygen atoms in total. The van der Waals surface area contributed by atoms with Crippen LogP contribution in [0.25, 0.3) is 0 Å². The first-order valence-corrected chi connectivity index (χ1v) is 4.31. The third kappa shape index (κ3) is 3.15. The summed E-state index contributed by atoms with van der Waals surface area (Å²) in [6, 6.07) is 4.79. The average molecular weight is 269 g/mol. The minimum absolute atomic E-state index is 0. The Labute approximate surface area is 91.1 Å². The van der Waals surface area contributed by atoms with Gasteiger partial charge in [0, 0.05) is 6.54 Å². The van der Waals surface area contributed by atoms with Crippen LogP contribution in [0.4, 0.5) is 0 Å². The molecule has 0 saturated heterocycles. The second-order valence-corrected chi connectivity index (χ2v) is 3.32. The monoisotopic (exact) mass is 267 g/mol. The Kier molecular flexibility index (Phi) is 5.32. The summed E-state index contributed by atoms with van der Waals surface area (Å²) >= 11 is 3.14. The number of phenolic OH excluding ortho intramolecular Hbond substituents is 1. The van der Waals surface area contributed by atoms with E-state index in [1.165, 1.54) is 6.07 Å². The zero-order chi connectivity index (χ0) is 9.14. The summed E-state index contributed by atoms with van der Waals surface area (Å²) in [6.07, 6.45) is -0.665. The SMILES string of the molecule is Cl.NCC(O)c1ccc(O)c(Br)c1. The molecule has 4 N–H and O–H groups in total. The molecule has 1 unspecified atom stereocenters. The number of halogens is 2. The summed E-state index contributed by atoms with van der Waals surface area (Å²) in [5.41, 5.74) is 5.96.